The van der Waals surface area contributed by atoms with Crippen molar-refractivity contribution in [2.45, 2.75) is 6.61 Å². The van der Waals surface area contributed by atoms with Crippen molar-refractivity contribution < 1.29 is 14.3 Å². The smallest absolute Gasteiger partial charge is 0.355 e. The van der Waals surface area contributed by atoms with Crippen molar-refractivity contribution in [2.24, 2.45) is 7.05 Å². The Morgan fingerprint density at radius 3 is 2.79 bits per heavy atom. The first-order valence-corrected chi connectivity index (χ1v) is 5.78. The predicted octanol–water partition coefficient (Wildman–Crippen LogP) is 1.95. The number of nitrogens with one attached hydrogen (secondary N) is 1. The lowest BCUT2D eigenvalue weighted by molar-refractivity contribution is -0.105. The Morgan fingerprint density at radius 1 is 1.37 bits per heavy atom. The maximum Gasteiger partial charge on any atom is 0.355 e. The molecular formula is C14H14N2O3. The van der Waals surface area contributed by atoms with E-state index in [1.165, 1.54) is 0 Å². The fourth-order valence-corrected chi connectivity index (χ4v) is 1.71. The molecule has 2 rings (SSSR count). The molecule has 1 aromatic carbocycles. The number of amides is 1. The van der Waals surface area contributed by atoms with Crippen LogP contribution in [-0.2, 0) is 23.2 Å². The lowest BCUT2D eigenvalue weighted by Gasteiger charge is -2.05. The van der Waals surface area contributed by atoms with Crippen LogP contribution in [0.5, 0.6) is 0 Å². The molecule has 1 N–H and O–H groups in total. The molecule has 0 atom stereocenters. The number of anilines is 1. The first-order chi connectivity index (χ1) is 9.20. The third-order valence-corrected chi connectivity index (χ3v) is 2.65. The van der Waals surface area contributed by atoms with E-state index in [4.69, 9.17) is 4.74 Å². The number of carbonyl (C=O) groups excluding carboxylic acids is 2. The van der Waals surface area contributed by atoms with E-state index in [0.717, 1.165) is 5.56 Å². The van der Waals surface area contributed by atoms with Gasteiger partial charge in [0.25, 0.3) is 0 Å². The highest BCUT2D eigenvalue weighted by Gasteiger charge is 2.13. The molecule has 0 saturated carbocycles. The van der Waals surface area contributed by atoms with Crippen LogP contribution in [0.3, 0.4) is 0 Å². The first-order valence-electron chi connectivity index (χ1n) is 5.78. The van der Waals surface area contributed by atoms with Crippen LogP contribution in [0.1, 0.15) is 16.1 Å². The van der Waals surface area contributed by atoms with Gasteiger partial charge in [0.15, 0.2) is 0 Å². The summed E-state index contributed by atoms with van der Waals surface area (Å²) in [5.41, 5.74) is 1.88. The summed E-state index contributed by atoms with van der Waals surface area (Å²) in [6, 6.07) is 11.0. The molecule has 0 radical (unpaired) electrons. The summed E-state index contributed by atoms with van der Waals surface area (Å²) in [5.74, 6) is -0.426. The molecule has 0 aliphatic rings. The summed E-state index contributed by atoms with van der Waals surface area (Å²) in [6.07, 6.45) is 2.21. The van der Waals surface area contributed by atoms with Gasteiger partial charge in [-0.3, -0.25) is 4.79 Å². The Balaban J connectivity index is 2.02. The summed E-state index contributed by atoms with van der Waals surface area (Å²) >= 11 is 0. The molecule has 0 aliphatic heterocycles. The van der Waals surface area contributed by atoms with Gasteiger partial charge in [-0.2, -0.15) is 0 Å². The molecule has 19 heavy (non-hydrogen) atoms. The van der Waals surface area contributed by atoms with E-state index in [0.29, 0.717) is 17.8 Å². The molecule has 0 unspecified atom stereocenters. The predicted molar refractivity (Wildman–Crippen MR) is 70.7 cm³/mol. The van der Waals surface area contributed by atoms with Crippen molar-refractivity contribution in [2.75, 3.05) is 5.32 Å². The van der Waals surface area contributed by atoms with E-state index >= 15 is 0 Å². The van der Waals surface area contributed by atoms with Gasteiger partial charge >= 0.3 is 5.97 Å². The summed E-state index contributed by atoms with van der Waals surface area (Å²) in [4.78, 5) is 22.2. The largest absolute Gasteiger partial charge is 0.456 e. The molecular weight excluding hydrogens is 244 g/mol. The number of hydrogen-bond acceptors (Lipinski definition) is 3. The van der Waals surface area contributed by atoms with Gasteiger partial charge in [0.1, 0.15) is 12.3 Å². The Morgan fingerprint density at radius 2 is 2.11 bits per heavy atom. The molecule has 1 amide bonds. The van der Waals surface area contributed by atoms with Crippen molar-refractivity contribution in [1.29, 1.82) is 0 Å². The van der Waals surface area contributed by atoms with Gasteiger partial charge < -0.3 is 14.6 Å². The van der Waals surface area contributed by atoms with Gasteiger partial charge in [-0.05, 0) is 11.6 Å². The minimum absolute atomic E-state index is 0.224. The summed E-state index contributed by atoms with van der Waals surface area (Å²) in [6.45, 7) is 0.224. The van der Waals surface area contributed by atoms with E-state index in [1.54, 1.807) is 23.9 Å². The molecule has 1 heterocycles. The van der Waals surface area contributed by atoms with Gasteiger partial charge in [0.05, 0.1) is 5.69 Å². The molecule has 0 saturated heterocycles. The summed E-state index contributed by atoms with van der Waals surface area (Å²) in [5, 5.41) is 2.49. The van der Waals surface area contributed by atoms with E-state index in [-0.39, 0.29) is 6.61 Å². The molecule has 5 heteroatoms. The van der Waals surface area contributed by atoms with Crippen LogP contribution in [0.4, 0.5) is 5.69 Å². The zero-order chi connectivity index (χ0) is 13.7. The fraction of sp³-hybridized carbons (Fsp3) is 0.143. The highest BCUT2D eigenvalue weighted by atomic mass is 16.5. The molecule has 0 spiro atoms. The normalized spacial score (nSPS) is 9.95. The van der Waals surface area contributed by atoms with Crippen LogP contribution in [0.2, 0.25) is 0 Å². The monoisotopic (exact) mass is 258 g/mol. The van der Waals surface area contributed by atoms with Gasteiger partial charge in [-0.1, -0.05) is 30.3 Å². The Bertz CT molecular complexity index is 576. The van der Waals surface area contributed by atoms with Crippen LogP contribution in [0.25, 0.3) is 0 Å². The van der Waals surface area contributed by atoms with Crippen molar-refractivity contribution in [3.05, 3.63) is 53.9 Å². The summed E-state index contributed by atoms with van der Waals surface area (Å²) < 4.78 is 6.82. The van der Waals surface area contributed by atoms with Gasteiger partial charge in [0, 0.05) is 13.2 Å². The zero-order valence-electron chi connectivity index (χ0n) is 10.5. The second-order valence-electron chi connectivity index (χ2n) is 4.05. The number of rotatable bonds is 5. The van der Waals surface area contributed by atoms with Gasteiger partial charge in [0.2, 0.25) is 6.41 Å². The maximum atomic E-state index is 11.9. The molecule has 1 aromatic heterocycles. The lowest BCUT2D eigenvalue weighted by Crippen LogP contribution is -2.09. The van der Waals surface area contributed by atoms with E-state index in [2.05, 4.69) is 5.32 Å². The Kier molecular flexibility index (Phi) is 3.97. The minimum Gasteiger partial charge on any atom is -0.456 e. The second kappa shape index (κ2) is 5.86. The number of aromatic nitrogens is 1. The van der Waals surface area contributed by atoms with E-state index in [1.807, 2.05) is 30.3 Å². The molecule has 0 aliphatic carbocycles. The van der Waals surface area contributed by atoms with Crippen LogP contribution < -0.4 is 5.32 Å². The van der Waals surface area contributed by atoms with E-state index in [9.17, 15) is 9.59 Å². The van der Waals surface area contributed by atoms with Crippen molar-refractivity contribution >= 4 is 18.1 Å². The van der Waals surface area contributed by atoms with E-state index < -0.39 is 5.97 Å². The van der Waals surface area contributed by atoms with Crippen LogP contribution in [0.15, 0.2) is 42.6 Å². The number of benzene rings is 1. The third kappa shape index (κ3) is 3.22. The number of aryl methyl sites for hydroxylation is 1. The SMILES string of the molecule is Cn1cc(NC=O)cc1C(=O)OCc1ccccc1. The second-order valence-corrected chi connectivity index (χ2v) is 4.05. The maximum absolute atomic E-state index is 11.9. The quantitative estimate of drug-likeness (QED) is 0.658. The topological polar surface area (TPSA) is 60.3 Å². The average molecular weight is 258 g/mol. The Labute approximate surface area is 110 Å². The van der Waals surface area contributed by atoms with Gasteiger partial charge in [-0.25, -0.2) is 4.79 Å². The van der Waals surface area contributed by atoms with Crippen LogP contribution >= 0.6 is 0 Å². The number of ether oxygens (including phenoxy) is 1. The minimum atomic E-state index is -0.426. The van der Waals surface area contributed by atoms with Crippen molar-refractivity contribution in [3.8, 4) is 0 Å². The highest BCUT2D eigenvalue weighted by Crippen LogP contribution is 2.14. The number of esters is 1. The van der Waals surface area contributed by atoms with Crippen molar-refractivity contribution in [3.63, 3.8) is 0 Å². The third-order valence-electron chi connectivity index (χ3n) is 2.65. The number of hydrogen-bond donors (Lipinski definition) is 1. The lowest BCUT2D eigenvalue weighted by atomic mass is 10.2. The zero-order valence-corrected chi connectivity index (χ0v) is 10.5. The number of carbonyl (C=O) groups is 2. The molecule has 0 bridgehead atoms. The molecule has 5 nitrogen and oxygen atoms in total. The molecule has 0 fully saturated rings. The van der Waals surface area contributed by atoms with Crippen LogP contribution in [-0.4, -0.2) is 16.9 Å². The first kappa shape index (κ1) is 12.9. The molecule has 98 valence electrons. The fourth-order valence-electron chi connectivity index (χ4n) is 1.71. The van der Waals surface area contributed by atoms with Gasteiger partial charge in [-0.15, -0.1) is 0 Å². The Hall–Kier alpha value is -2.56. The highest BCUT2D eigenvalue weighted by molar-refractivity contribution is 5.90. The molecule has 2 aromatic rings. The number of nitrogens with zero attached hydrogens (tertiary/aromatic N) is 1. The van der Waals surface area contributed by atoms with Crippen molar-refractivity contribution in [1.82, 2.24) is 4.57 Å². The standard InChI is InChI=1S/C14H14N2O3/c1-16-8-12(15-10-17)7-13(16)14(18)19-9-11-5-3-2-4-6-11/h2-8,10H,9H2,1H3,(H,15,17). The van der Waals surface area contributed by atoms with Crippen LogP contribution in [0, 0.1) is 0 Å². The average Bonchev–Trinajstić information content (AvgIpc) is 2.79. The summed E-state index contributed by atoms with van der Waals surface area (Å²) in [7, 11) is 1.72.